The molecule has 11 nitrogen and oxygen atoms in total. The molecule has 11 heteroatoms. The Morgan fingerprint density at radius 3 is 2.55 bits per heavy atom. The SMILES string of the molecule is CCCNC(=O)OC[C@H]1O[C@H](CCON=C[C@@H](OC)[C@H](C)/C=C/CC(=O)OC)C=C[C@@H]1Oc1ccc(OC)cc1. The zero-order chi connectivity index (χ0) is 29.2. The predicted molar refractivity (Wildman–Crippen MR) is 150 cm³/mol. The molecule has 1 aliphatic heterocycles. The average molecular weight is 563 g/mol. The fourth-order valence-corrected chi connectivity index (χ4v) is 3.67. The summed E-state index contributed by atoms with van der Waals surface area (Å²) in [5.41, 5.74) is 0. The first-order chi connectivity index (χ1) is 19.4. The van der Waals surface area contributed by atoms with Crippen LogP contribution in [0.5, 0.6) is 11.5 Å². The van der Waals surface area contributed by atoms with Crippen LogP contribution >= 0.6 is 0 Å². The summed E-state index contributed by atoms with van der Waals surface area (Å²) in [6.45, 7) is 4.76. The molecule has 40 heavy (non-hydrogen) atoms. The highest BCUT2D eigenvalue weighted by Crippen LogP contribution is 2.24. The number of benzene rings is 1. The molecular weight excluding hydrogens is 520 g/mol. The minimum atomic E-state index is -0.525. The maximum Gasteiger partial charge on any atom is 0.407 e. The molecule has 0 saturated heterocycles. The van der Waals surface area contributed by atoms with E-state index in [1.54, 1.807) is 50.8 Å². The van der Waals surface area contributed by atoms with E-state index in [0.29, 0.717) is 25.3 Å². The van der Waals surface area contributed by atoms with E-state index in [4.69, 9.17) is 28.5 Å². The van der Waals surface area contributed by atoms with Crippen LogP contribution in [0, 0.1) is 5.92 Å². The standard InChI is InChI=1S/C29H42N2O9/c1-6-17-30-29(33)37-20-27-25(39-23-12-10-22(34-3)11-13-23)15-14-24(40-27)16-18-38-31-19-26(35-4)21(2)8-7-9-28(32)36-5/h7-8,10-15,19,21,24-27H,6,9,16-18,20H2,1-5H3,(H,30,33)/b8-7+,31-19?/t21-,24+,25+,26-,27-/m1/s1. The van der Waals surface area contributed by atoms with E-state index >= 15 is 0 Å². The van der Waals surface area contributed by atoms with Gasteiger partial charge in [0, 0.05) is 26.0 Å². The zero-order valence-electron chi connectivity index (χ0n) is 23.9. The summed E-state index contributed by atoms with van der Waals surface area (Å²) >= 11 is 0. The van der Waals surface area contributed by atoms with Gasteiger partial charge in [0.05, 0.1) is 33.0 Å². The van der Waals surface area contributed by atoms with Crippen molar-refractivity contribution in [3.05, 3.63) is 48.6 Å². The molecule has 1 heterocycles. The van der Waals surface area contributed by atoms with E-state index in [1.165, 1.54) is 7.11 Å². The number of oxime groups is 1. The number of carbonyl (C=O) groups is 2. The lowest BCUT2D eigenvalue weighted by atomic mass is 10.0. The normalized spacial score (nSPS) is 20.2. The number of esters is 1. The van der Waals surface area contributed by atoms with Crippen molar-refractivity contribution in [3.63, 3.8) is 0 Å². The third-order valence-corrected chi connectivity index (χ3v) is 5.98. The molecule has 1 aromatic carbocycles. The number of nitrogens with one attached hydrogen (secondary N) is 1. The Kier molecular flexibility index (Phi) is 15.2. The van der Waals surface area contributed by atoms with Gasteiger partial charge in [0.25, 0.3) is 0 Å². The Labute approximate surface area is 236 Å². The highest BCUT2D eigenvalue weighted by Gasteiger charge is 2.30. The van der Waals surface area contributed by atoms with Gasteiger partial charge in [-0.1, -0.05) is 37.2 Å². The minimum Gasteiger partial charge on any atom is -0.497 e. The van der Waals surface area contributed by atoms with Gasteiger partial charge in [-0.05, 0) is 36.8 Å². The van der Waals surface area contributed by atoms with E-state index in [-0.39, 0.29) is 37.1 Å². The first-order valence-corrected chi connectivity index (χ1v) is 13.4. The quantitative estimate of drug-likeness (QED) is 0.0984. The maximum atomic E-state index is 12.0. The summed E-state index contributed by atoms with van der Waals surface area (Å²) in [7, 11) is 4.53. The lowest BCUT2D eigenvalue weighted by Gasteiger charge is -2.32. The van der Waals surface area contributed by atoms with Crippen molar-refractivity contribution < 1.29 is 42.8 Å². The van der Waals surface area contributed by atoms with E-state index in [1.807, 2.05) is 32.1 Å². The summed E-state index contributed by atoms with van der Waals surface area (Å²) in [6, 6.07) is 7.22. The molecule has 0 bridgehead atoms. The van der Waals surface area contributed by atoms with Crippen LogP contribution in [0.4, 0.5) is 4.79 Å². The first kappa shape index (κ1) is 32.6. The second kappa shape index (κ2) is 18.7. The third-order valence-electron chi connectivity index (χ3n) is 5.98. The zero-order valence-corrected chi connectivity index (χ0v) is 23.9. The summed E-state index contributed by atoms with van der Waals surface area (Å²) in [5.74, 6) is 1.03. The third kappa shape index (κ3) is 12.1. The molecule has 5 atom stereocenters. The molecule has 1 aliphatic rings. The van der Waals surface area contributed by atoms with Crippen molar-refractivity contribution in [2.24, 2.45) is 11.1 Å². The van der Waals surface area contributed by atoms with Gasteiger partial charge in [0.1, 0.15) is 43.0 Å². The van der Waals surface area contributed by atoms with Gasteiger partial charge in [-0.25, -0.2) is 4.79 Å². The van der Waals surface area contributed by atoms with E-state index in [9.17, 15) is 9.59 Å². The number of amides is 1. The Balaban J connectivity index is 1.90. The molecule has 0 saturated carbocycles. The van der Waals surface area contributed by atoms with Crippen molar-refractivity contribution in [3.8, 4) is 11.5 Å². The predicted octanol–water partition coefficient (Wildman–Crippen LogP) is 4.07. The molecule has 1 amide bonds. The Bertz CT molecular complexity index is 965. The molecule has 0 spiro atoms. The van der Waals surface area contributed by atoms with Crippen molar-refractivity contribution in [1.29, 1.82) is 0 Å². The summed E-state index contributed by atoms with van der Waals surface area (Å²) in [6.07, 6.45) is 8.43. The van der Waals surface area contributed by atoms with Crippen LogP contribution in [-0.2, 0) is 28.6 Å². The number of nitrogens with zero attached hydrogens (tertiary/aromatic N) is 1. The topological polar surface area (TPSA) is 123 Å². The van der Waals surface area contributed by atoms with Crippen LogP contribution in [0.2, 0.25) is 0 Å². The molecule has 0 fully saturated rings. The minimum absolute atomic E-state index is 0.0210. The molecule has 0 aliphatic carbocycles. The van der Waals surface area contributed by atoms with E-state index in [2.05, 4.69) is 15.2 Å². The Morgan fingerprint density at radius 2 is 1.88 bits per heavy atom. The van der Waals surface area contributed by atoms with Gasteiger partial charge >= 0.3 is 12.1 Å². The Morgan fingerprint density at radius 1 is 1.12 bits per heavy atom. The number of alkyl carbamates (subject to hydrolysis) is 1. The molecule has 0 unspecified atom stereocenters. The van der Waals surface area contributed by atoms with Gasteiger partial charge in [0.15, 0.2) is 0 Å². The largest absolute Gasteiger partial charge is 0.497 e. The van der Waals surface area contributed by atoms with Crippen LogP contribution in [-0.4, -0.2) is 83.8 Å². The smallest absolute Gasteiger partial charge is 0.407 e. The van der Waals surface area contributed by atoms with Crippen LogP contribution < -0.4 is 14.8 Å². The Hall–Kier alpha value is -3.57. The number of methoxy groups -OCH3 is 3. The molecule has 0 radical (unpaired) electrons. The molecule has 222 valence electrons. The fourth-order valence-electron chi connectivity index (χ4n) is 3.67. The monoisotopic (exact) mass is 562 g/mol. The molecule has 1 aromatic rings. The number of rotatable bonds is 17. The first-order valence-electron chi connectivity index (χ1n) is 13.4. The summed E-state index contributed by atoms with van der Waals surface area (Å²) in [5, 5.41) is 6.72. The number of hydrogen-bond acceptors (Lipinski definition) is 10. The van der Waals surface area contributed by atoms with Crippen LogP contribution in [0.15, 0.2) is 53.7 Å². The lowest BCUT2D eigenvalue weighted by Crippen LogP contribution is -2.43. The second-order valence-corrected chi connectivity index (χ2v) is 9.03. The number of carbonyl (C=O) groups excluding carboxylic acids is 2. The molecule has 0 aromatic heterocycles. The molecule has 2 rings (SSSR count). The van der Waals surface area contributed by atoms with Crippen molar-refractivity contribution in [1.82, 2.24) is 5.32 Å². The highest BCUT2D eigenvalue weighted by atomic mass is 16.6. The molecule has 1 N–H and O–H groups in total. The van der Waals surface area contributed by atoms with E-state index < -0.39 is 18.3 Å². The average Bonchev–Trinajstić information content (AvgIpc) is 2.97. The van der Waals surface area contributed by atoms with E-state index in [0.717, 1.165) is 12.2 Å². The van der Waals surface area contributed by atoms with Crippen LogP contribution in [0.3, 0.4) is 0 Å². The summed E-state index contributed by atoms with van der Waals surface area (Å²) in [4.78, 5) is 28.7. The highest BCUT2D eigenvalue weighted by molar-refractivity contribution is 5.71. The lowest BCUT2D eigenvalue weighted by molar-refractivity contribution is -0.139. The van der Waals surface area contributed by atoms with Crippen molar-refractivity contribution in [2.45, 2.75) is 57.5 Å². The van der Waals surface area contributed by atoms with Gasteiger partial charge < -0.3 is 38.6 Å². The van der Waals surface area contributed by atoms with Crippen LogP contribution in [0.1, 0.15) is 33.1 Å². The van der Waals surface area contributed by atoms with Gasteiger partial charge in [-0.15, -0.1) is 0 Å². The van der Waals surface area contributed by atoms with Crippen molar-refractivity contribution in [2.75, 3.05) is 41.1 Å². The van der Waals surface area contributed by atoms with Crippen LogP contribution in [0.25, 0.3) is 0 Å². The summed E-state index contributed by atoms with van der Waals surface area (Å²) < 4.78 is 32.9. The number of ether oxygens (including phenoxy) is 6. The fraction of sp³-hybridized carbons (Fsp3) is 0.552. The maximum absolute atomic E-state index is 12.0. The van der Waals surface area contributed by atoms with Gasteiger partial charge in [0.2, 0.25) is 0 Å². The van der Waals surface area contributed by atoms with Gasteiger partial charge in [-0.3, -0.25) is 4.79 Å². The van der Waals surface area contributed by atoms with Crippen molar-refractivity contribution >= 4 is 18.3 Å². The molecular formula is C29H42N2O9. The number of hydrogen-bond donors (Lipinski definition) is 1. The van der Waals surface area contributed by atoms with Gasteiger partial charge in [-0.2, -0.15) is 0 Å². The second-order valence-electron chi connectivity index (χ2n) is 9.03.